The Morgan fingerprint density at radius 3 is 2.42 bits per heavy atom. The average Bonchev–Trinajstić information content (AvgIpc) is 2.76. The summed E-state index contributed by atoms with van der Waals surface area (Å²) in [4.78, 5) is 22.2. The Morgan fingerprint density at radius 2 is 1.77 bits per heavy atom. The molecule has 0 aliphatic rings. The van der Waals surface area contributed by atoms with Crippen LogP contribution in [0.1, 0.15) is 67.8 Å². The third kappa shape index (κ3) is 8.76. The van der Waals surface area contributed by atoms with Gasteiger partial charge in [0, 0.05) is 17.7 Å². The third-order valence-electron chi connectivity index (χ3n) is 4.68. The molecule has 1 amide bonds. The summed E-state index contributed by atoms with van der Waals surface area (Å²) in [6.07, 6.45) is 10.0. The molecular formula is C23H28ClN3O4. The van der Waals surface area contributed by atoms with E-state index in [0.29, 0.717) is 22.9 Å². The molecule has 0 radical (unpaired) electrons. The highest BCUT2D eigenvalue weighted by atomic mass is 35.5. The van der Waals surface area contributed by atoms with Gasteiger partial charge in [0.2, 0.25) is 0 Å². The van der Waals surface area contributed by atoms with Gasteiger partial charge in [-0.15, -0.1) is 0 Å². The molecule has 166 valence electrons. The van der Waals surface area contributed by atoms with Crippen molar-refractivity contribution < 1.29 is 14.5 Å². The fraction of sp³-hybridized carbons (Fsp3) is 0.391. The van der Waals surface area contributed by atoms with E-state index in [9.17, 15) is 14.9 Å². The first-order valence-corrected chi connectivity index (χ1v) is 10.9. The predicted molar refractivity (Wildman–Crippen MR) is 123 cm³/mol. The Bertz CT molecular complexity index is 885. The summed E-state index contributed by atoms with van der Waals surface area (Å²) in [6, 6.07) is 10.6. The quantitative estimate of drug-likeness (QED) is 0.173. The van der Waals surface area contributed by atoms with E-state index in [1.54, 1.807) is 18.2 Å². The van der Waals surface area contributed by atoms with Crippen LogP contribution < -0.4 is 10.2 Å². The first-order chi connectivity index (χ1) is 15.0. The summed E-state index contributed by atoms with van der Waals surface area (Å²) >= 11 is 6.28. The molecule has 2 aromatic carbocycles. The maximum Gasteiger partial charge on any atom is 0.271 e. The molecule has 2 aromatic rings. The smallest absolute Gasteiger partial charge is 0.271 e. The number of nitrogens with zero attached hydrogens (tertiary/aromatic N) is 2. The van der Waals surface area contributed by atoms with Gasteiger partial charge in [-0.2, -0.15) is 5.10 Å². The summed E-state index contributed by atoms with van der Waals surface area (Å²) in [7, 11) is 0. The SMILES string of the molecule is CCCCCCCCCOc1ccc(/C=N/NC(=O)c2ccc([N+](=O)[O-])cc2)cc1Cl. The number of hydrogen-bond donors (Lipinski definition) is 1. The Morgan fingerprint density at radius 1 is 1.10 bits per heavy atom. The van der Waals surface area contributed by atoms with Crippen LogP contribution in [0.15, 0.2) is 47.6 Å². The van der Waals surface area contributed by atoms with E-state index in [-0.39, 0.29) is 11.3 Å². The van der Waals surface area contributed by atoms with Crippen LogP contribution in [-0.2, 0) is 0 Å². The predicted octanol–water partition coefficient (Wildman–Crippen LogP) is 6.14. The van der Waals surface area contributed by atoms with Gasteiger partial charge in [0.15, 0.2) is 0 Å². The number of hydrogen-bond acceptors (Lipinski definition) is 5. The van der Waals surface area contributed by atoms with E-state index in [1.165, 1.54) is 62.6 Å². The highest BCUT2D eigenvalue weighted by molar-refractivity contribution is 6.32. The van der Waals surface area contributed by atoms with Crippen molar-refractivity contribution in [1.82, 2.24) is 5.43 Å². The van der Waals surface area contributed by atoms with Crippen LogP contribution in [0.25, 0.3) is 0 Å². The number of nitrogens with one attached hydrogen (secondary N) is 1. The van der Waals surface area contributed by atoms with Gasteiger partial charge in [-0.05, 0) is 42.3 Å². The monoisotopic (exact) mass is 445 g/mol. The number of nitro groups is 1. The number of carbonyl (C=O) groups excluding carboxylic acids is 1. The van der Waals surface area contributed by atoms with E-state index in [0.717, 1.165) is 12.8 Å². The van der Waals surface area contributed by atoms with Gasteiger partial charge in [0.05, 0.1) is 22.8 Å². The van der Waals surface area contributed by atoms with E-state index in [2.05, 4.69) is 17.5 Å². The molecule has 0 bridgehead atoms. The number of rotatable bonds is 13. The molecule has 0 fully saturated rings. The molecule has 7 nitrogen and oxygen atoms in total. The van der Waals surface area contributed by atoms with Crippen molar-refractivity contribution in [2.45, 2.75) is 51.9 Å². The van der Waals surface area contributed by atoms with Crippen LogP contribution >= 0.6 is 11.6 Å². The Hall–Kier alpha value is -2.93. The van der Waals surface area contributed by atoms with E-state index in [1.807, 2.05) is 0 Å². The lowest BCUT2D eigenvalue weighted by atomic mass is 10.1. The zero-order valence-electron chi connectivity index (χ0n) is 17.7. The lowest BCUT2D eigenvalue weighted by molar-refractivity contribution is -0.384. The zero-order valence-corrected chi connectivity index (χ0v) is 18.4. The van der Waals surface area contributed by atoms with Crippen LogP contribution in [0, 0.1) is 10.1 Å². The van der Waals surface area contributed by atoms with Crippen LogP contribution in [0.5, 0.6) is 5.75 Å². The third-order valence-corrected chi connectivity index (χ3v) is 4.98. The molecule has 0 unspecified atom stereocenters. The minimum atomic E-state index is -0.522. The molecule has 0 heterocycles. The minimum Gasteiger partial charge on any atom is -0.492 e. The molecule has 0 aromatic heterocycles. The van der Waals surface area contributed by atoms with Crippen molar-refractivity contribution in [2.24, 2.45) is 5.10 Å². The second-order valence-corrected chi connectivity index (χ2v) is 7.57. The van der Waals surface area contributed by atoms with Gasteiger partial charge in [-0.1, -0.05) is 57.0 Å². The molecule has 0 saturated heterocycles. The minimum absolute atomic E-state index is 0.0797. The normalized spacial score (nSPS) is 10.9. The largest absolute Gasteiger partial charge is 0.492 e. The van der Waals surface area contributed by atoms with Crippen molar-refractivity contribution in [3.8, 4) is 5.75 Å². The van der Waals surface area contributed by atoms with Gasteiger partial charge in [0.1, 0.15) is 5.75 Å². The fourth-order valence-electron chi connectivity index (χ4n) is 2.92. The zero-order chi connectivity index (χ0) is 22.5. The number of carbonyl (C=O) groups is 1. The number of ether oxygens (including phenoxy) is 1. The molecular weight excluding hydrogens is 418 g/mol. The van der Waals surface area contributed by atoms with E-state index in [4.69, 9.17) is 16.3 Å². The number of hydrazone groups is 1. The molecule has 0 saturated carbocycles. The molecule has 0 aliphatic carbocycles. The molecule has 31 heavy (non-hydrogen) atoms. The van der Waals surface area contributed by atoms with Gasteiger partial charge in [-0.25, -0.2) is 5.43 Å². The molecule has 1 N–H and O–H groups in total. The second kappa shape index (κ2) is 13.4. The van der Waals surface area contributed by atoms with Gasteiger partial charge < -0.3 is 4.74 Å². The summed E-state index contributed by atoms with van der Waals surface area (Å²) in [6.45, 7) is 2.85. The summed E-state index contributed by atoms with van der Waals surface area (Å²) < 4.78 is 5.75. The van der Waals surface area contributed by atoms with Gasteiger partial charge in [0.25, 0.3) is 11.6 Å². The number of amides is 1. The van der Waals surface area contributed by atoms with Crippen molar-refractivity contribution in [2.75, 3.05) is 6.61 Å². The summed E-state index contributed by atoms with van der Waals surface area (Å²) in [5, 5.41) is 15.0. The summed E-state index contributed by atoms with van der Waals surface area (Å²) in [5.74, 6) is 0.159. The Kier molecular flexibility index (Phi) is 10.5. The van der Waals surface area contributed by atoms with Crippen LogP contribution in [-0.4, -0.2) is 23.7 Å². The maximum atomic E-state index is 12.0. The number of halogens is 1. The molecule has 2 rings (SSSR count). The standard InChI is InChI=1S/C23H28ClN3O4/c1-2-3-4-5-6-7-8-15-31-22-14-9-18(16-21(22)24)17-25-26-23(28)19-10-12-20(13-11-19)27(29)30/h9-14,16-17H,2-8,15H2,1H3,(H,26,28)/b25-17+. The lowest BCUT2D eigenvalue weighted by Crippen LogP contribution is -2.17. The second-order valence-electron chi connectivity index (χ2n) is 7.16. The van der Waals surface area contributed by atoms with E-state index >= 15 is 0 Å². The van der Waals surface area contributed by atoms with Gasteiger partial charge >= 0.3 is 0 Å². The highest BCUT2D eigenvalue weighted by Gasteiger charge is 2.08. The molecule has 0 aliphatic heterocycles. The Balaban J connectivity index is 1.76. The van der Waals surface area contributed by atoms with Crippen LogP contribution in [0.3, 0.4) is 0 Å². The van der Waals surface area contributed by atoms with Crippen LogP contribution in [0.4, 0.5) is 5.69 Å². The highest BCUT2D eigenvalue weighted by Crippen LogP contribution is 2.25. The van der Waals surface area contributed by atoms with Crippen molar-refractivity contribution in [3.05, 3.63) is 68.7 Å². The number of benzene rings is 2. The molecule has 0 spiro atoms. The fourth-order valence-corrected chi connectivity index (χ4v) is 3.16. The first kappa shape index (κ1) is 24.3. The van der Waals surface area contributed by atoms with Crippen molar-refractivity contribution >= 4 is 29.4 Å². The summed E-state index contributed by atoms with van der Waals surface area (Å²) in [5.41, 5.74) is 3.28. The molecule has 0 atom stereocenters. The van der Waals surface area contributed by atoms with Crippen molar-refractivity contribution in [3.63, 3.8) is 0 Å². The van der Waals surface area contributed by atoms with Crippen molar-refractivity contribution in [1.29, 1.82) is 0 Å². The lowest BCUT2D eigenvalue weighted by Gasteiger charge is -2.08. The first-order valence-electron chi connectivity index (χ1n) is 10.5. The number of unbranched alkanes of at least 4 members (excludes halogenated alkanes) is 6. The topological polar surface area (TPSA) is 93.8 Å². The van der Waals surface area contributed by atoms with Crippen LogP contribution in [0.2, 0.25) is 5.02 Å². The number of non-ortho nitro benzene ring substituents is 1. The van der Waals surface area contributed by atoms with E-state index < -0.39 is 10.8 Å². The average molecular weight is 446 g/mol. The Labute approximate surface area is 187 Å². The number of nitro benzene ring substituents is 1. The van der Waals surface area contributed by atoms with Gasteiger partial charge in [-0.3, -0.25) is 14.9 Å². The molecule has 8 heteroatoms. The maximum absolute atomic E-state index is 12.0.